The highest BCUT2D eigenvalue weighted by Crippen LogP contribution is 2.27. The van der Waals surface area contributed by atoms with E-state index in [4.69, 9.17) is 4.74 Å². The quantitative estimate of drug-likeness (QED) is 0.481. The summed E-state index contributed by atoms with van der Waals surface area (Å²) in [5.41, 5.74) is 1.64. The Morgan fingerprint density at radius 1 is 1.18 bits per heavy atom. The van der Waals surface area contributed by atoms with E-state index in [0.29, 0.717) is 46.9 Å². The summed E-state index contributed by atoms with van der Waals surface area (Å²) in [6, 6.07) is 14.1. The number of ether oxygens (including phenoxy) is 1. The minimum absolute atomic E-state index is 0.0188. The number of methoxy groups -OCH3 is 1. The van der Waals surface area contributed by atoms with Gasteiger partial charge in [0, 0.05) is 31.3 Å². The Hall–Kier alpha value is -2.75. The lowest BCUT2D eigenvalue weighted by Gasteiger charge is -2.31. The van der Waals surface area contributed by atoms with Gasteiger partial charge < -0.3 is 10.1 Å². The fourth-order valence-electron chi connectivity index (χ4n) is 3.92. The SMILES string of the molecule is COc1cccc(S(=O)(=O)N2CCC(CNc3ncc(C(=O)c4ccccc4C)s3)CC2)c1. The highest BCUT2D eigenvalue weighted by Gasteiger charge is 2.29. The number of nitrogens with zero attached hydrogens (tertiary/aromatic N) is 2. The number of carbonyl (C=O) groups is 1. The number of carbonyl (C=O) groups excluding carboxylic acids is 1. The number of hydrogen-bond acceptors (Lipinski definition) is 7. The Morgan fingerprint density at radius 2 is 1.94 bits per heavy atom. The van der Waals surface area contributed by atoms with Crippen molar-refractivity contribution in [3.05, 3.63) is 70.7 Å². The Kier molecular flexibility index (Phi) is 7.11. The molecule has 174 valence electrons. The molecule has 0 spiro atoms. The van der Waals surface area contributed by atoms with E-state index in [1.54, 1.807) is 34.8 Å². The number of thiazole rings is 1. The van der Waals surface area contributed by atoms with Gasteiger partial charge in [0.05, 0.1) is 23.1 Å². The lowest BCUT2D eigenvalue weighted by Crippen LogP contribution is -2.39. The molecule has 9 heteroatoms. The Labute approximate surface area is 198 Å². The van der Waals surface area contributed by atoms with Crippen molar-refractivity contribution in [3.63, 3.8) is 0 Å². The Bertz CT molecular complexity index is 1230. The highest BCUT2D eigenvalue weighted by atomic mass is 32.2. The average molecular weight is 486 g/mol. The molecule has 0 unspecified atom stereocenters. The van der Waals surface area contributed by atoms with Gasteiger partial charge in [0.15, 0.2) is 5.13 Å². The van der Waals surface area contributed by atoms with Crippen LogP contribution in [0.3, 0.4) is 0 Å². The van der Waals surface area contributed by atoms with E-state index in [1.807, 2.05) is 31.2 Å². The van der Waals surface area contributed by atoms with Crippen LogP contribution in [-0.4, -0.2) is 50.2 Å². The van der Waals surface area contributed by atoms with E-state index in [9.17, 15) is 13.2 Å². The summed E-state index contributed by atoms with van der Waals surface area (Å²) in [5, 5.41) is 4.03. The van der Waals surface area contributed by atoms with Crippen LogP contribution in [0.4, 0.5) is 5.13 Å². The van der Waals surface area contributed by atoms with E-state index in [-0.39, 0.29) is 10.7 Å². The molecule has 1 saturated heterocycles. The van der Waals surface area contributed by atoms with Crippen molar-refractivity contribution in [2.75, 3.05) is 32.1 Å². The van der Waals surface area contributed by atoms with Crippen molar-refractivity contribution in [2.24, 2.45) is 5.92 Å². The van der Waals surface area contributed by atoms with Crippen LogP contribution in [0.1, 0.15) is 33.6 Å². The zero-order valence-electron chi connectivity index (χ0n) is 18.7. The third-order valence-electron chi connectivity index (χ3n) is 5.91. The first kappa shape index (κ1) is 23.4. The predicted octanol–water partition coefficient (Wildman–Crippen LogP) is 4.20. The summed E-state index contributed by atoms with van der Waals surface area (Å²) >= 11 is 1.35. The first-order chi connectivity index (χ1) is 15.9. The number of benzene rings is 2. The number of anilines is 1. The molecule has 1 aliphatic heterocycles. The fraction of sp³-hybridized carbons (Fsp3) is 0.333. The van der Waals surface area contributed by atoms with Crippen LogP contribution in [0.2, 0.25) is 0 Å². The molecule has 2 aromatic carbocycles. The van der Waals surface area contributed by atoms with Gasteiger partial charge >= 0.3 is 0 Å². The number of piperidine rings is 1. The predicted molar refractivity (Wildman–Crippen MR) is 130 cm³/mol. The summed E-state index contributed by atoms with van der Waals surface area (Å²) in [6.07, 6.45) is 3.14. The number of hydrogen-bond donors (Lipinski definition) is 1. The number of aryl methyl sites for hydroxylation is 1. The van der Waals surface area contributed by atoms with Crippen molar-refractivity contribution < 1.29 is 17.9 Å². The van der Waals surface area contributed by atoms with Crippen LogP contribution >= 0.6 is 11.3 Å². The Balaban J connectivity index is 1.31. The van der Waals surface area contributed by atoms with Crippen LogP contribution in [0.15, 0.2) is 59.6 Å². The van der Waals surface area contributed by atoms with Crippen molar-refractivity contribution >= 4 is 32.3 Å². The largest absolute Gasteiger partial charge is 0.497 e. The lowest BCUT2D eigenvalue weighted by atomic mass is 9.98. The first-order valence-electron chi connectivity index (χ1n) is 10.8. The molecule has 1 fully saturated rings. The topological polar surface area (TPSA) is 88.6 Å². The van der Waals surface area contributed by atoms with E-state index >= 15 is 0 Å². The number of ketones is 1. The van der Waals surface area contributed by atoms with Gasteiger partial charge in [-0.05, 0) is 43.4 Å². The fourth-order valence-corrected chi connectivity index (χ4v) is 6.20. The molecule has 0 aliphatic carbocycles. The minimum atomic E-state index is -3.54. The van der Waals surface area contributed by atoms with Crippen LogP contribution in [0.5, 0.6) is 5.75 Å². The van der Waals surface area contributed by atoms with Gasteiger partial charge in [-0.1, -0.05) is 41.7 Å². The smallest absolute Gasteiger partial charge is 0.243 e. The van der Waals surface area contributed by atoms with Gasteiger partial charge in [-0.3, -0.25) is 4.79 Å². The summed E-state index contributed by atoms with van der Waals surface area (Å²) < 4.78 is 32.6. The summed E-state index contributed by atoms with van der Waals surface area (Å²) in [5.74, 6) is 0.842. The molecule has 7 nitrogen and oxygen atoms in total. The molecule has 3 aromatic rings. The van der Waals surface area contributed by atoms with Crippen LogP contribution in [-0.2, 0) is 10.0 Å². The van der Waals surface area contributed by atoms with E-state index in [1.165, 1.54) is 18.4 Å². The average Bonchev–Trinajstić information content (AvgIpc) is 3.32. The molecule has 0 amide bonds. The van der Waals surface area contributed by atoms with Gasteiger partial charge in [0.1, 0.15) is 5.75 Å². The molecule has 0 atom stereocenters. The first-order valence-corrected chi connectivity index (χ1v) is 13.1. The second kappa shape index (κ2) is 10.0. The van der Waals surface area contributed by atoms with Crippen molar-refractivity contribution in [1.29, 1.82) is 0 Å². The maximum atomic E-state index is 13.0. The summed E-state index contributed by atoms with van der Waals surface area (Å²) in [4.78, 5) is 18.0. The molecule has 2 heterocycles. The highest BCUT2D eigenvalue weighted by molar-refractivity contribution is 7.89. The molecule has 1 N–H and O–H groups in total. The Morgan fingerprint density at radius 3 is 2.67 bits per heavy atom. The van der Waals surface area contributed by atoms with Crippen LogP contribution in [0.25, 0.3) is 0 Å². The van der Waals surface area contributed by atoms with Gasteiger partial charge in [0.25, 0.3) is 0 Å². The zero-order valence-corrected chi connectivity index (χ0v) is 20.3. The van der Waals surface area contributed by atoms with Gasteiger partial charge in [-0.25, -0.2) is 13.4 Å². The van der Waals surface area contributed by atoms with Crippen LogP contribution < -0.4 is 10.1 Å². The van der Waals surface area contributed by atoms with Crippen molar-refractivity contribution in [1.82, 2.24) is 9.29 Å². The molecule has 0 saturated carbocycles. The maximum Gasteiger partial charge on any atom is 0.243 e. The molecule has 1 aromatic heterocycles. The third-order valence-corrected chi connectivity index (χ3v) is 8.76. The summed E-state index contributed by atoms with van der Waals surface area (Å²) in [7, 11) is -2.01. The van der Waals surface area contributed by atoms with Gasteiger partial charge in [0.2, 0.25) is 15.8 Å². The standard InChI is InChI=1S/C24H27N3O4S2/c1-17-6-3-4-9-21(17)23(28)22-16-26-24(32-22)25-15-18-10-12-27(13-11-18)33(29,30)20-8-5-7-19(14-20)31-2/h3-9,14,16,18H,10-13,15H2,1-2H3,(H,25,26). The molecule has 0 bridgehead atoms. The summed E-state index contributed by atoms with van der Waals surface area (Å²) in [6.45, 7) is 3.56. The van der Waals surface area contributed by atoms with E-state index in [2.05, 4.69) is 10.3 Å². The number of sulfonamides is 1. The molecule has 1 aliphatic rings. The number of aromatic nitrogens is 1. The number of rotatable bonds is 8. The third kappa shape index (κ3) is 5.26. The second-order valence-electron chi connectivity index (χ2n) is 8.08. The van der Waals surface area contributed by atoms with Gasteiger partial charge in [-0.15, -0.1) is 0 Å². The van der Waals surface area contributed by atoms with Gasteiger partial charge in [-0.2, -0.15) is 4.31 Å². The van der Waals surface area contributed by atoms with Crippen LogP contribution in [0, 0.1) is 12.8 Å². The molecule has 4 rings (SSSR count). The molecular weight excluding hydrogens is 458 g/mol. The van der Waals surface area contributed by atoms with E-state index < -0.39 is 10.0 Å². The maximum absolute atomic E-state index is 13.0. The zero-order chi connectivity index (χ0) is 23.4. The minimum Gasteiger partial charge on any atom is -0.497 e. The van der Waals surface area contributed by atoms with Crippen molar-refractivity contribution in [2.45, 2.75) is 24.7 Å². The molecule has 0 radical (unpaired) electrons. The lowest BCUT2D eigenvalue weighted by molar-refractivity contribution is 0.104. The normalized spacial score (nSPS) is 15.3. The van der Waals surface area contributed by atoms with Crippen molar-refractivity contribution in [3.8, 4) is 5.75 Å². The molecule has 33 heavy (non-hydrogen) atoms. The monoisotopic (exact) mass is 485 g/mol. The molecular formula is C24H27N3O4S2. The second-order valence-corrected chi connectivity index (χ2v) is 11.0. The number of nitrogens with one attached hydrogen (secondary N) is 1. The van der Waals surface area contributed by atoms with E-state index in [0.717, 1.165) is 18.4 Å².